The smallest absolute Gasteiger partial charge is 0.323 e. The van der Waals surface area contributed by atoms with Gasteiger partial charge in [0.15, 0.2) is 0 Å². The van der Waals surface area contributed by atoms with E-state index in [1.54, 1.807) is 13.8 Å². The summed E-state index contributed by atoms with van der Waals surface area (Å²) in [5.74, 6) is -0.890. The summed E-state index contributed by atoms with van der Waals surface area (Å²) in [7, 11) is 0. The molecule has 0 aromatic carbocycles. The third-order valence-corrected chi connectivity index (χ3v) is 4.84. The molecule has 4 nitrogen and oxygen atoms in total. The average molecular weight is 222 g/mol. The van der Waals surface area contributed by atoms with Gasteiger partial charge in [0, 0.05) is 0 Å². The highest BCUT2D eigenvalue weighted by molar-refractivity contribution is 6.04. The van der Waals surface area contributed by atoms with Crippen molar-refractivity contribution >= 4 is 11.9 Å². The maximum atomic E-state index is 11.9. The Morgan fingerprint density at radius 3 is 1.69 bits per heavy atom. The lowest BCUT2D eigenvalue weighted by molar-refractivity contribution is -0.159. The van der Waals surface area contributed by atoms with Gasteiger partial charge >= 0.3 is 11.9 Å². The van der Waals surface area contributed by atoms with Gasteiger partial charge in [0.25, 0.3) is 0 Å². The van der Waals surface area contributed by atoms with E-state index in [9.17, 15) is 9.59 Å². The maximum Gasteiger partial charge on any atom is 0.323 e. The zero-order chi connectivity index (χ0) is 11.9. The number of fused-ring (bicyclic) bond motifs is 5. The molecule has 3 aliphatic rings. The Hall–Kier alpha value is -1.16. The van der Waals surface area contributed by atoms with Crippen LogP contribution in [0.25, 0.3) is 0 Å². The highest BCUT2D eigenvalue weighted by Crippen LogP contribution is 2.64. The second-order valence-electron chi connectivity index (χ2n) is 5.34. The first-order chi connectivity index (χ1) is 7.35. The van der Waals surface area contributed by atoms with Crippen LogP contribution < -0.4 is 0 Å². The SMILES string of the molecule is CC1=C(C)C2OC1C1(C)C(=O)OC(=O)C21C. The summed E-state index contributed by atoms with van der Waals surface area (Å²) in [5, 5.41) is 0. The van der Waals surface area contributed by atoms with E-state index in [1.807, 2.05) is 13.8 Å². The van der Waals surface area contributed by atoms with Gasteiger partial charge in [-0.15, -0.1) is 0 Å². The van der Waals surface area contributed by atoms with Gasteiger partial charge in [-0.05, 0) is 38.8 Å². The predicted octanol–water partition coefficient (Wildman–Crippen LogP) is 1.20. The molecule has 0 spiro atoms. The molecule has 3 rings (SSSR count). The van der Waals surface area contributed by atoms with Gasteiger partial charge < -0.3 is 9.47 Å². The van der Waals surface area contributed by atoms with Crippen LogP contribution in [0.3, 0.4) is 0 Å². The van der Waals surface area contributed by atoms with Crippen LogP contribution in [-0.2, 0) is 19.1 Å². The zero-order valence-corrected chi connectivity index (χ0v) is 9.79. The normalized spacial score (nSPS) is 50.0. The van der Waals surface area contributed by atoms with Crippen LogP contribution in [-0.4, -0.2) is 24.1 Å². The number of hydrogen-bond donors (Lipinski definition) is 0. The molecule has 4 atom stereocenters. The molecule has 4 unspecified atom stereocenters. The molecule has 0 saturated carbocycles. The fourth-order valence-electron chi connectivity index (χ4n) is 3.37. The summed E-state index contributed by atoms with van der Waals surface area (Å²) in [4.78, 5) is 23.8. The van der Waals surface area contributed by atoms with E-state index < -0.39 is 22.8 Å². The van der Waals surface area contributed by atoms with Crippen LogP contribution in [0.1, 0.15) is 27.7 Å². The van der Waals surface area contributed by atoms with Crippen LogP contribution >= 0.6 is 0 Å². The first kappa shape index (κ1) is 10.0. The molecule has 3 heterocycles. The lowest BCUT2D eigenvalue weighted by Gasteiger charge is -2.35. The fraction of sp³-hybridized carbons (Fsp3) is 0.667. The second kappa shape index (κ2) is 2.40. The fourth-order valence-corrected chi connectivity index (χ4v) is 3.37. The van der Waals surface area contributed by atoms with Gasteiger partial charge in [0.2, 0.25) is 0 Å². The minimum Gasteiger partial charge on any atom is -0.392 e. The first-order valence-corrected chi connectivity index (χ1v) is 5.44. The quantitative estimate of drug-likeness (QED) is 0.351. The number of carbonyl (C=O) groups is 2. The predicted molar refractivity (Wildman–Crippen MR) is 54.3 cm³/mol. The van der Waals surface area contributed by atoms with Crippen molar-refractivity contribution in [1.29, 1.82) is 0 Å². The lowest BCUT2D eigenvalue weighted by Crippen LogP contribution is -2.49. The van der Waals surface area contributed by atoms with E-state index in [0.29, 0.717) is 0 Å². The molecule has 0 N–H and O–H groups in total. The summed E-state index contributed by atoms with van der Waals surface area (Å²) in [6, 6.07) is 0. The lowest BCUT2D eigenvalue weighted by atomic mass is 9.58. The largest absolute Gasteiger partial charge is 0.392 e. The third kappa shape index (κ3) is 0.670. The number of ether oxygens (including phenoxy) is 2. The molecule has 86 valence electrons. The van der Waals surface area contributed by atoms with Crippen LogP contribution in [0.2, 0.25) is 0 Å². The zero-order valence-electron chi connectivity index (χ0n) is 9.79. The molecule has 0 radical (unpaired) electrons. The number of rotatable bonds is 0. The Bertz CT molecular complexity index is 424. The van der Waals surface area contributed by atoms with E-state index in [-0.39, 0.29) is 12.2 Å². The Balaban J connectivity index is 2.28. The minimum atomic E-state index is -0.849. The molecule has 0 aliphatic carbocycles. The highest BCUT2D eigenvalue weighted by Gasteiger charge is 2.77. The molecule has 4 heteroatoms. The van der Waals surface area contributed by atoms with E-state index in [4.69, 9.17) is 9.47 Å². The van der Waals surface area contributed by atoms with Gasteiger partial charge in [0.05, 0.1) is 12.2 Å². The molecule has 3 aliphatic heterocycles. The molecule has 2 saturated heterocycles. The van der Waals surface area contributed by atoms with Gasteiger partial charge in [-0.2, -0.15) is 0 Å². The van der Waals surface area contributed by atoms with Crippen LogP contribution in [0.15, 0.2) is 11.1 Å². The van der Waals surface area contributed by atoms with E-state index in [2.05, 4.69) is 0 Å². The Morgan fingerprint density at radius 1 is 0.938 bits per heavy atom. The van der Waals surface area contributed by atoms with Crippen molar-refractivity contribution in [3.63, 3.8) is 0 Å². The van der Waals surface area contributed by atoms with Crippen LogP contribution in [0.4, 0.5) is 0 Å². The van der Waals surface area contributed by atoms with Crippen molar-refractivity contribution in [2.45, 2.75) is 39.9 Å². The molecule has 2 bridgehead atoms. The third-order valence-electron chi connectivity index (χ3n) is 4.84. The number of carbonyl (C=O) groups excluding carboxylic acids is 2. The molecular formula is C12H14O4. The van der Waals surface area contributed by atoms with Crippen LogP contribution in [0.5, 0.6) is 0 Å². The van der Waals surface area contributed by atoms with E-state index in [0.717, 1.165) is 11.1 Å². The topological polar surface area (TPSA) is 52.6 Å². The number of cyclic esters (lactones) is 2. The summed E-state index contributed by atoms with van der Waals surface area (Å²) in [6.45, 7) is 7.48. The van der Waals surface area contributed by atoms with Crippen molar-refractivity contribution in [2.24, 2.45) is 10.8 Å². The van der Waals surface area contributed by atoms with E-state index >= 15 is 0 Å². The standard InChI is InChI=1S/C12H14O4/c1-5-6(2)8-12(4)10(14)16-9(13)11(12,3)7(5)15-8/h7-8H,1-4H3. The van der Waals surface area contributed by atoms with Crippen molar-refractivity contribution in [3.05, 3.63) is 11.1 Å². The Labute approximate surface area is 93.6 Å². The first-order valence-electron chi connectivity index (χ1n) is 5.44. The summed E-state index contributed by atoms with van der Waals surface area (Å²) in [6.07, 6.45) is -0.608. The molecule has 2 fully saturated rings. The number of esters is 2. The molecule has 0 amide bonds. The maximum absolute atomic E-state index is 11.9. The van der Waals surface area contributed by atoms with Crippen LogP contribution in [0, 0.1) is 10.8 Å². The van der Waals surface area contributed by atoms with E-state index in [1.165, 1.54) is 0 Å². The highest BCUT2D eigenvalue weighted by atomic mass is 16.6. The van der Waals surface area contributed by atoms with Gasteiger partial charge in [-0.1, -0.05) is 0 Å². The molecular weight excluding hydrogens is 208 g/mol. The monoisotopic (exact) mass is 222 g/mol. The van der Waals surface area contributed by atoms with Crippen molar-refractivity contribution < 1.29 is 19.1 Å². The van der Waals surface area contributed by atoms with Gasteiger partial charge in [-0.3, -0.25) is 9.59 Å². The van der Waals surface area contributed by atoms with Crippen molar-refractivity contribution in [2.75, 3.05) is 0 Å². The molecule has 0 aromatic heterocycles. The Kier molecular flexibility index (Phi) is 1.50. The number of hydrogen-bond acceptors (Lipinski definition) is 4. The van der Waals surface area contributed by atoms with Gasteiger partial charge in [0.1, 0.15) is 10.8 Å². The second-order valence-corrected chi connectivity index (χ2v) is 5.34. The minimum absolute atomic E-state index is 0.304. The summed E-state index contributed by atoms with van der Waals surface area (Å²) < 4.78 is 10.6. The summed E-state index contributed by atoms with van der Waals surface area (Å²) in [5.41, 5.74) is 0.435. The van der Waals surface area contributed by atoms with Crippen molar-refractivity contribution in [3.8, 4) is 0 Å². The summed E-state index contributed by atoms with van der Waals surface area (Å²) >= 11 is 0. The Morgan fingerprint density at radius 2 is 1.31 bits per heavy atom. The average Bonchev–Trinajstić information content (AvgIpc) is 2.70. The molecule has 0 aromatic rings. The molecule has 16 heavy (non-hydrogen) atoms. The van der Waals surface area contributed by atoms with Gasteiger partial charge in [-0.25, -0.2) is 0 Å². The van der Waals surface area contributed by atoms with Crippen molar-refractivity contribution in [1.82, 2.24) is 0 Å².